The fourth-order valence-electron chi connectivity index (χ4n) is 4.08. The van der Waals surface area contributed by atoms with Gasteiger partial charge in [0.15, 0.2) is 0 Å². The lowest BCUT2D eigenvalue weighted by atomic mass is 9.80. The van der Waals surface area contributed by atoms with Crippen LogP contribution in [-0.4, -0.2) is 26.7 Å². The van der Waals surface area contributed by atoms with Crippen LogP contribution in [0.3, 0.4) is 0 Å². The molecular formula is C22H26F3NO3S. The first-order chi connectivity index (χ1) is 14.1. The van der Waals surface area contributed by atoms with E-state index in [4.69, 9.17) is 5.11 Å². The molecule has 1 fully saturated rings. The molecule has 0 heterocycles. The number of alkyl halides is 3. The molecule has 2 aromatic rings. The maximum atomic E-state index is 12.7. The topological polar surface area (TPSA) is 66.4 Å². The second-order valence-electron chi connectivity index (χ2n) is 8.02. The van der Waals surface area contributed by atoms with Gasteiger partial charge in [0.2, 0.25) is 10.0 Å². The molecule has 1 aliphatic rings. The molecule has 1 saturated carbocycles. The Hall–Kier alpha value is -1.90. The number of hydrogen-bond donors (Lipinski definition) is 2. The van der Waals surface area contributed by atoms with E-state index in [1.54, 1.807) is 0 Å². The van der Waals surface area contributed by atoms with Gasteiger partial charge in [-0.1, -0.05) is 37.1 Å². The first-order valence-corrected chi connectivity index (χ1v) is 11.5. The Morgan fingerprint density at radius 1 is 0.933 bits per heavy atom. The normalized spacial score (nSPS) is 16.7. The molecule has 1 aliphatic carbocycles. The zero-order chi connectivity index (χ0) is 21.8. The van der Waals surface area contributed by atoms with Crippen LogP contribution in [0.2, 0.25) is 0 Å². The van der Waals surface area contributed by atoms with E-state index in [1.807, 2.05) is 24.3 Å². The van der Waals surface area contributed by atoms with E-state index < -0.39 is 21.8 Å². The molecule has 0 bridgehead atoms. The number of benzene rings is 2. The summed E-state index contributed by atoms with van der Waals surface area (Å²) in [5.74, 6) is 0. The lowest BCUT2D eigenvalue weighted by Crippen LogP contribution is -2.37. The first-order valence-electron chi connectivity index (χ1n) is 9.99. The van der Waals surface area contributed by atoms with Gasteiger partial charge in [-0.2, -0.15) is 13.2 Å². The number of halogens is 3. The van der Waals surface area contributed by atoms with E-state index in [0.717, 1.165) is 67.5 Å². The van der Waals surface area contributed by atoms with Gasteiger partial charge in [0, 0.05) is 13.2 Å². The second kappa shape index (κ2) is 9.08. The third-order valence-corrected chi connectivity index (χ3v) is 7.21. The summed E-state index contributed by atoms with van der Waals surface area (Å²) in [7, 11) is -3.90. The van der Waals surface area contributed by atoms with Crippen LogP contribution in [-0.2, 0) is 29.0 Å². The van der Waals surface area contributed by atoms with Crippen molar-refractivity contribution in [1.29, 1.82) is 0 Å². The van der Waals surface area contributed by atoms with E-state index in [1.165, 1.54) is 0 Å². The van der Waals surface area contributed by atoms with Crippen LogP contribution in [0.4, 0.5) is 13.2 Å². The van der Waals surface area contributed by atoms with Crippen molar-refractivity contribution >= 4 is 10.0 Å². The van der Waals surface area contributed by atoms with Crippen LogP contribution >= 0.6 is 0 Å². The van der Waals surface area contributed by atoms with E-state index in [0.29, 0.717) is 6.42 Å². The van der Waals surface area contributed by atoms with Crippen LogP contribution in [0.1, 0.15) is 42.4 Å². The number of rotatable bonds is 8. The van der Waals surface area contributed by atoms with Crippen molar-refractivity contribution in [3.05, 3.63) is 65.2 Å². The molecule has 4 nitrogen and oxygen atoms in total. The Bertz CT molecular complexity index is 933. The Kier molecular flexibility index (Phi) is 6.89. The van der Waals surface area contributed by atoms with Crippen molar-refractivity contribution in [2.24, 2.45) is 5.41 Å². The number of aliphatic hydroxyl groups is 1. The van der Waals surface area contributed by atoms with Gasteiger partial charge in [-0.3, -0.25) is 0 Å². The highest BCUT2D eigenvalue weighted by Crippen LogP contribution is 2.41. The maximum Gasteiger partial charge on any atom is 0.416 e. The molecule has 30 heavy (non-hydrogen) atoms. The molecule has 0 spiro atoms. The Morgan fingerprint density at radius 3 is 2.03 bits per heavy atom. The van der Waals surface area contributed by atoms with Crippen molar-refractivity contribution < 1.29 is 26.7 Å². The van der Waals surface area contributed by atoms with Crippen molar-refractivity contribution in [1.82, 2.24) is 4.72 Å². The average molecular weight is 442 g/mol. The molecule has 0 radical (unpaired) electrons. The van der Waals surface area contributed by atoms with Crippen LogP contribution in [0, 0.1) is 5.41 Å². The quantitative estimate of drug-likeness (QED) is 0.641. The van der Waals surface area contributed by atoms with Gasteiger partial charge in [0.25, 0.3) is 0 Å². The summed E-state index contributed by atoms with van der Waals surface area (Å²) in [5.41, 5.74) is 1.06. The average Bonchev–Trinajstić information content (AvgIpc) is 3.17. The molecule has 2 N–H and O–H groups in total. The minimum absolute atomic E-state index is 0.0923. The second-order valence-corrected chi connectivity index (χ2v) is 9.79. The SMILES string of the molecule is O=S(=O)(NCC1(Cc2ccc(CCO)cc2)CCCC1)c1ccc(C(F)(F)F)cc1. The van der Waals surface area contributed by atoms with Gasteiger partial charge < -0.3 is 5.11 Å². The van der Waals surface area contributed by atoms with Crippen LogP contribution in [0.25, 0.3) is 0 Å². The van der Waals surface area contributed by atoms with Gasteiger partial charge >= 0.3 is 6.18 Å². The van der Waals surface area contributed by atoms with Gasteiger partial charge in [0.05, 0.1) is 10.5 Å². The summed E-state index contributed by atoms with van der Waals surface area (Å²) < 4.78 is 66.1. The van der Waals surface area contributed by atoms with E-state index in [9.17, 15) is 21.6 Å². The van der Waals surface area contributed by atoms with E-state index >= 15 is 0 Å². The number of aliphatic hydroxyl groups excluding tert-OH is 1. The lowest BCUT2D eigenvalue weighted by molar-refractivity contribution is -0.137. The molecule has 8 heteroatoms. The summed E-state index contributed by atoms with van der Waals surface area (Å²) in [4.78, 5) is -0.169. The third-order valence-electron chi connectivity index (χ3n) is 5.80. The molecule has 2 aromatic carbocycles. The highest BCUT2D eigenvalue weighted by molar-refractivity contribution is 7.89. The molecular weight excluding hydrogens is 415 g/mol. The van der Waals surface area contributed by atoms with E-state index in [2.05, 4.69) is 4.72 Å². The van der Waals surface area contributed by atoms with Crippen molar-refractivity contribution in [2.45, 2.75) is 49.6 Å². The predicted molar refractivity (Wildman–Crippen MR) is 108 cm³/mol. The zero-order valence-electron chi connectivity index (χ0n) is 16.6. The highest BCUT2D eigenvalue weighted by Gasteiger charge is 2.35. The third kappa shape index (κ3) is 5.62. The van der Waals surface area contributed by atoms with Crippen LogP contribution in [0.15, 0.2) is 53.4 Å². The standard InChI is InChI=1S/C22H26F3NO3S/c23-22(24,25)19-7-9-20(10-8-19)30(28,29)26-16-21(12-1-2-13-21)15-18-5-3-17(4-6-18)11-14-27/h3-10,26-27H,1-2,11-16H2. The minimum Gasteiger partial charge on any atom is -0.396 e. The predicted octanol–water partition coefficient (Wildman–Crippen LogP) is 4.32. The molecule has 0 unspecified atom stereocenters. The van der Waals surface area contributed by atoms with Crippen molar-refractivity contribution in [2.75, 3.05) is 13.2 Å². The van der Waals surface area contributed by atoms with Crippen molar-refractivity contribution in [3.63, 3.8) is 0 Å². The summed E-state index contributed by atoms with van der Waals surface area (Å²) in [6.07, 6.45) is 0.633. The molecule has 0 atom stereocenters. The van der Waals surface area contributed by atoms with Gasteiger partial charge in [-0.15, -0.1) is 0 Å². The summed E-state index contributed by atoms with van der Waals surface area (Å²) >= 11 is 0. The van der Waals surface area contributed by atoms with E-state index in [-0.39, 0.29) is 23.5 Å². The Balaban J connectivity index is 1.70. The van der Waals surface area contributed by atoms with Gasteiger partial charge in [0.1, 0.15) is 0 Å². The molecule has 0 amide bonds. The fourth-order valence-corrected chi connectivity index (χ4v) is 5.24. The van der Waals surface area contributed by atoms with Gasteiger partial charge in [-0.05, 0) is 66.5 Å². The largest absolute Gasteiger partial charge is 0.416 e. The number of nitrogens with one attached hydrogen (secondary N) is 1. The highest BCUT2D eigenvalue weighted by atomic mass is 32.2. The van der Waals surface area contributed by atoms with Crippen molar-refractivity contribution in [3.8, 4) is 0 Å². The molecule has 0 saturated heterocycles. The molecule has 3 rings (SSSR count). The number of hydrogen-bond acceptors (Lipinski definition) is 3. The first kappa shape index (κ1) is 22.8. The summed E-state index contributed by atoms with van der Waals surface area (Å²) in [6, 6.07) is 11.5. The van der Waals surface area contributed by atoms with Crippen LogP contribution in [0.5, 0.6) is 0 Å². The smallest absolute Gasteiger partial charge is 0.396 e. The van der Waals surface area contributed by atoms with Crippen LogP contribution < -0.4 is 4.72 Å². The zero-order valence-corrected chi connectivity index (χ0v) is 17.4. The molecule has 0 aromatic heterocycles. The lowest BCUT2D eigenvalue weighted by Gasteiger charge is -2.29. The Morgan fingerprint density at radius 2 is 1.50 bits per heavy atom. The molecule has 0 aliphatic heterocycles. The summed E-state index contributed by atoms with van der Waals surface area (Å²) in [6.45, 7) is 0.337. The number of sulfonamides is 1. The monoisotopic (exact) mass is 441 g/mol. The Labute approximate surface area is 175 Å². The van der Waals surface area contributed by atoms with Gasteiger partial charge in [-0.25, -0.2) is 13.1 Å². The maximum absolute atomic E-state index is 12.7. The minimum atomic E-state index is -4.50. The summed E-state index contributed by atoms with van der Waals surface area (Å²) in [5, 5.41) is 9.03. The molecule has 164 valence electrons. The fraction of sp³-hybridized carbons (Fsp3) is 0.455.